The number of carbonyl (C=O) groups excluding carboxylic acids is 3. The number of carboxylic acid groups (broad SMARTS) is 1. The summed E-state index contributed by atoms with van der Waals surface area (Å²) in [6.07, 6.45) is 0. The summed E-state index contributed by atoms with van der Waals surface area (Å²) in [5.41, 5.74) is 1.64. The number of carbonyl (C=O) groups is 4. The summed E-state index contributed by atoms with van der Waals surface area (Å²) < 4.78 is 24.0. The molecule has 1 atom stereocenters. The van der Waals surface area contributed by atoms with Crippen LogP contribution in [0, 0.1) is 6.92 Å². The fourth-order valence-corrected chi connectivity index (χ4v) is 7.39. The Balaban J connectivity index is 1.51. The normalized spacial score (nSPS) is 15.6. The maximum Gasteiger partial charge on any atom is 0.340 e. The minimum absolute atomic E-state index is 0.0108. The maximum absolute atomic E-state index is 13.8. The van der Waals surface area contributed by atoms with Gasteiger partial charge in [0.1, 0.15) is 17.2 Å². The van der Waals surface area contributed by atoms with Gasteiger partial charge in [0.2, 0.25) is 0 Å². The van der Waals surface area contributed by atoms with Crippen molar-refractivity contribution >= 4 is 57.0 Å². The standard InChI is InChI=1S/C40H25ClO9/c1-19-23-8-4-6-10-25(23)37(26-11-7-5-9-24(19)26)28-15-30-34(17-33(28)47-20(2)42)49-35-18-36(48-21(3)43)32(41)16-31(35)40(30)29-13-12-22(38(44)45)14-27(29)39(46)50-40/h4-18H,1-3H3,(H,44,45). The molecule has 0 bridgehead atoms. The smallest absolute Gasteiger partial charge is 0.340 e. The second kappa shape index (κ2) is 11.2. The van der Waals surface area contributed by atoms with E-state index in [-0.39, 0.29) is 39.1 Å². The summed E-state index contributed by atoms with van der Waals surface area (Å²) in [7, 11) is 0. The minimum atomic E-state index is -1.70. The van der Waals surface area contributed by atoms with Gasteiger partial charge in [-0.05, 0) is 58.3 Å². The monoisotopic (exact) mass is 684 g/mol. The molecule has 10 heteroatoms. The topological polar surface area (TPSA) is 125 Å². The molecule has 0 amide bonds. The van der Waals surface area contributed by atoms with Gasteiger partial charge < -0.3 is 24.1 Å². The molecule has 0 fully saturated rings. The zero-order valence-corrected chi connectivity index (χ0v) is 27.5. The van der Waals surface area contributed by atoms with Crippen molar-refractivity contribution in [2.45, 2.75) is 26.4 Å². The number of esters is 3. The van der Waals surface area contributed by atoms with E-state index in [9.17, 15) is 24.3 Å². The summed E-state index contributed by atoms with van der Waals surface area (Å²) in [5, 5.41) is 13.6. The molecular formula is C40H25ClO9. The van der Waals surface area contributed by atoms with Crippen molar-refractivity contribution < 1.29 is 43.2 Å². The van der Waals surface area contributed by atoms with Gasteiger partial charge in [0.25, 0.3) is 0 Å². The Bertz CT molecular complexity index is 2480. The lowest BCUT2D eigenvalue weighted by Gasteiger charge is -2.37. The van der Waals surface area contributed by atoms with E-state index < -0.39 is 29.5 Å². The molecule has 6 aromatic rings. The van der Waals surface area contributed by atoms with Gasteiger partial charge in [-0.2, -0.15) is 0 Å². The molecule has 8 rings (SSSR count). The number of carboxylic acids is 1. The van der Waals surface area contributed by atoms with Gasteiger partial charge in [-0.3, -0.25) is 9.59 Å². The molecule has 2 aliphatic heterocycles. The van der Waals surface area contributed by atoms with E-state index in [1.165, 1.54) is 44.2 Å². The average molecular weight is 685 g/mol. The lowest BCUT2D eigenvalue weighted by molar-refractivity contribution is -0.132. The van der Waals surface area contributed by atoms with E-state index in [2.05, 4.69) is 6.92 Å². The summed E-state index contributed by atoms with van der Waals surface area (Å²) in [4.78, 5) is 50.2. The van der Waals surface area contributed by atoms with Crippen LogP contribution in [0.5, 0.6) is 23.0 Å². The Labute approximate surface area is 289 Å². The minimum Gasteiger partial charge on any atom is -0.478 e. The second-order valence-corrected chi connectivity index (χ2v) is 12.5. The summed E-state index contributed by atoms with van der Waals surface area (Å²) >= 11 is 6.67. The third kappa shape index (κ3) is 4.54. The Morgan fingerprint density at radius 2 is 1.26 bits per heavy atom. The molecule has 2 heterocycles. The number of aryl methyl sites for hydroxylation is 1. The molecule has 6 aromatic carbocycles. The number of ether oxygens (including phenoxy) is 4. The number of fused-ring (bicyclic) bond motifs is 8. The van der Waals surface area contributed by atoms with E-state index in [0.717, 1.165) is 32.7 Å². The molecule has 9 nitrogen and oxygen atoms in total. The Morgan fingerprint density at radius 1 is 0.700 bits per heavy atom. The molecule has 246 valence electrons. The number of halogens is 1. The molecule has 2 aliphatic rings. The van der Waals surface area contributed by atoms with E-state index >= 15 is 0 Å². The number of hydrogen-bond acceptors (Lipinski definition) is 8. The molecule has 1 unspecified atom stereocenters. The van der Waals surface area contributed by atoms with Crippen LogP contribution >= 0.6 is 11.6 Å². The van der Waals surface area contributed by atoms with Gasteiger partial charge in [0, 0.05) is 53.8 Å². The van der Waals surface area contributed by atoms with Crippen LogP contribution < -0.4 is 14.2 Å². The third-order valence-electron chi connectivity index (χ3n) is 9.18. The highest BCUT2D eigenvalue weighted by Gasteiger charge is 2.54. The van der Waals surface area contributed by atoms with Crippen molar-refractivity contribution in [3.05, 3.63) is 129 Å². The lowest BCUT2D eigenvalue weighted by atomic mass is 9.76. The zero-order chi connectivity index (χ0) is 35.1. The summed E-state index contributed by atoms with van der Waals surface area (Å²) in [6.45, 7) is 4.59. The van der Waals surface area contributed by atoms with E-state index in [4.69, 9.17) is 30.5 Å². The van der Waals surface area contributed by atoms with Gasteiger partial charge in [-0.25, -0.2) is 9.59 Å². The molecule has 1 N–H and O–H groups in total. The number of rotatable bonds is 4. The quantitative estimate of drug-likeness (QED) is 0.110. The van der Waals surface area contributed by atoms with Crippen molar-refractivity contribution in [2.24, 2.45) is 0 Å². The van der Waals surface area contributed by atoms with Gasteiger partial charge in [-0.15, -0.1) is 0 Å². The fraction of sp³-hybridized carbons (Fsp3) is 0.100. The fourth-order valence-electron chi connectivity index (χ4n) is 7.19. The number of benzene rings is 6. The Morgan fingerprint density at radius 3 is 1.86 bits per heavy atom. The van der Waals surface area contributed by atoms with Crippen LogP contribution in [0.25, 0.3) is 32.7 Å². The largest absolute Gasteiger partial charge is 0.478 e. The average Bonchev–Trinajstić information content (AvgIpc) is 3.37. The first-order valence-corrected chi connectivity index (χ1v) is 15.9. The first kappa shape index (κ1) is 31.1. The van der Waals surface area contributed by atoms with Gasteiger partial charge >= 0.3 is 23.9 Å². The number of aromatic carboxylic acids is 1. The summed E-state index contributed by atoms with van der Waals surface area (Å²) in [5.74, 6) is -2.64. The Kier molecular flexibility index (Phi) is 6.95. The first-order valence-electron chi connectivity index (χ1n) is 15.6. The predicted molar refractivity (Wildman–Crippen MR) is 184 cm³/mol. The van der Waals surface area contributed by atoms with Crippen LogP contribution in [-0.2, 0) is 19.9 Å². The van der Waals surface area contributed by atoms with Crippen LogP contribution in [0.2, 0.25) is 5.02 Å². The Hall–Kier alpha value is -6.19. The first-order chi connectivity index (χ1) is 24.0. The van der Waals surface area contributed by atoms with Crippen LogP contribution in [0.1, 0.15) is 56.8 Å². The summed E-state index contributed by atoms with van der Waals surface area (Å²) in [6, 6.07) is 26.3. The zero-order valence-electron chi connectivity index (χ0n) is 26.8. The van der Waals surface area contributed by atoms with Gasteiger partial charge in [-0.1, -0.05) is 66.2 Å². The van der Waals surface area contributed by atoms with Crippen molar-refractivity contribution in [3.8, 4) is 34.1 Å². The van der Waals surface area contributed by atoms with Crippen LogP contribution in [0.4, 0.5) is 0 Å². The predicted octanol–water partition coefficient (Wildman–Crippen LogP) is 8.74. The highest BCUT2D eigenvalue weighted by atomic mass is 35.5. The van der Waals surface area contributed by atoms with Crippen molar-refractivity contribution in [1.82, 2.24) is 0 Å². The highest BCUT2D eigenvalue weighted by molar-refractivity contribution is 6.32. The second-order valence-electron chi connectivity index (χ2n) is 12.1. The molecule has 0 saturated carbocycles. The molecule has 0 aromatic heterocycles. The number of hydrogen-bond donors (Lipinski definition) is 1. The molecule has 1 spiro atoms. The molecular weight excluding hydrogens is 660 g/mol. The van der Waals surface area contributed by atoms with Gasteiger partial charge in [0.05, 0.1) is 16.1 Å². The van der Waals surface area contributed by atoms with Crippen molar-refractivity contribution in [2.75, 3.05) is 0 Å². The van der Waals surface area contributed by atoms with Crippen LogP contribution in [-0.4, -0.2) is 29.0 Å². The van der Waals surface area contributed by atoms with E-state index in [0.29, 0.717) is 22.3 Å². The van der Waals surface area contributed by atoms with Crippen LogP contribution in [0.15, 0.2) is 91.0 Å². The van der Waals surface area contributed by atoms with Crippen LogP contribution in [0.3, 0.4) is 0 Å². The molecule has 50 heavy (non-hydrogen) atoms. The van der Waals surface area contributed by atoms with E-state index in [1.54, 1.807) is 12.1 Å². The lowest BCUT2D eigenvalue weighted by Crippen LogP contribution is -2.33. The molecule has 0 saturated heterocycles. The van der Waals surface area contributed by atoms with E-state index in [1.807, 2.05) is 48.5 Å². The van der Waals surface area contributed by atoms with Crippen molar-refractivity contribution in [1.29, 1.82) is 0 Å². The molecule has 0 radical (unpaired) electrons. The van der Waals surface area contributed by atoms with Gasteiger partial charge in [0.15, 0.2) is 11.4 Å². The highest BCUT2D eigenvalue weighted by Crippen LogP contribution is 2.59. The van der Waals surface area contributed by atoms with Crippen molar-refractivity contribution in [3.63, 3.8) is 0 Å². The SMILES string of the molecule is CC(=O)Oc1cc2c(cc1Cl)C1(OC(=O)c3cc(C(=O)O)ccc31)c1cc(-c3c4ccccc4c(C)c4ccccc34)c(OC(C)=O)cc1O2. The molecule has 0 aliphatic carbocycles. The maximum atomic E-state index is 13.8. The third-order valence-corrected chi connectivity index (χ3v) is 9.48.